The molecule has 0 saturated carbocycles. The standard InChI is InChI=1S/C23H42N2/c1-2-3-4-5-6-7-8-9-10-11-12-13-14-15-20-25-23-18-16-22(21-24)17-19-23/h16-19,25H,2-15,20-21,24H2,1H3. The van der Waals surface area contributed by atoms with E-state index in [-0.39, 0.29) is 0 Å². The van der Waals surface area contributed by atoms with Crippen molar-refractivity contribution in [3.8, 4) is 0 Å². The second-order valence-electron chi connectivity index (χ2n) is 7.42. The first kappa shape index (κ1) is 22.0. The molecule has 144 valence electrons. The molecule has 0 amide bonds. The molecule has 0 unspecified atom stereocenters. The number of hydrogen-bond donors (Lipinski definition) is 2. The van der Waals surface area contributed by atoms with Gasteiger partial charge in [0.2, 0.25) is 0 Å². The molecule has 1 aromatic rings. The maximum absolute atomic E-state index is 5.62. The van der Waals surface area contributed by atoms with Crippen molar-refractivity contribution in [2.75, 3.05) is 11.9 Å². The van der Waals surface area contributed by atoms with Gasteiger partial charge in [-0.05, 0) is 24.1 Å². The summed E-state index contributed by atoms with van der Waals surface area (Å²) in [6.45, 7) is 4.00. The highest BCUT2D eigenvalue weighted by Crippen LogP contribution is 2.13. The number of nitrogens with two attached hydrogens (primary N) is 1. The summed E-state index contributed by atoms with van der Waals surface area (Å²) in [5.74, 6) is 0. The van der Waals surface area contributed by atoms with E-state index in [9.17, 15) is 0 Å². The molecule has 2 heteroatoms. The Bertz CT molecular complexity index is 386. The van der Waals surface area contributed by atoms with Crippen LogP contribution in [0.4, 0.5) is 5.69 Å². The van der Waals surface area contributed by atoms with Crippen molar-refractivity contribution in [1.82, 2.24) is 0 Å². The summed E-state index contributed by atoms with van der Waals surface area (Å²) in [6, 6.07) is 8.47. The Morgan fingerprint density at radius 3 is 1.52 bits per heavy atom. The van der Waals surface area contributed by atoms with E-state index in [2.05, 4.69) is 36.5 Å². The highest BCUT2D eigenvalue weighted by atomic mass is 14.9. The SMILES string of the molecule is CCCCCCCCCCCCCCCCNc1ccc(CN)cc1. The third kappa shape index (κ3) is 12.9. The molecular formula is C23H42N2. The number of nitrogens with one attached hydrogen (secondary N) is 1. The quantitative estimate of drug-likeness (QED) is 0.297. The second kappa shape index (κ2) is 16.4. The minimum Gasteiger partial charge on any atom is -0.385 e. The molecule has 0 atom stereocenters. The number of anilines is 1. The predicted octanol–water partition coefficient (Wildman–Crippen LogP) is 7.04. The summed E-state index contributed by atoms with van der Waals surface area (Å²) in [6.07, 6.45) is 19.8. The molecule has 0 aliphatic rings. The van der Waals surface area contributed by atoms with Gasteiger partial charge in [-0.1, -0.05) is 103 Å². The summed E-state index contributed by atoms with van der Waals surface area (Å²) in [4.78, 5) is 0. The lowest BCUT2D eigenvalue weighted by molar-refractivity contribution is 0.537. The fraction of sp³-hybridized carbons (Fsp3) is 0.739. The highest BCUT2D eigenvalue weighted by molar-refractivity contribution is 5.44. The molecule has 2 nitrogen and oxygen atoms in total. The topological polar surface area (TPSA) is 38.0 Å². The van der Waals surface area contributed by atoms with Crippen LogP contribution in [-0.4, -0.2) is 6.54 Å². The zero-order valence-corrected chi connectivity index (χ0v) is 16.7. The predicted molar refractivity (Wildman–Crippen MR) is 113 cm³/mol. The first-order chi connectivity index (χ1) is 12.4. The third-order valence-corrected chi connectivity index (χ3v) is 5.05. The molecule has 0 aliphatic heterocycles. The largest absolute Gasteiger partial charge is 0.385 e. The van der Waals surface area contributed by atoms with E-state index < -0.39 is 0 Å². The molecule has 0 aliphatic carbocycles. The van der Waals surface area contributed by atoms with Crippen LogP contribution in [0.25, 0.3) is 0 Å². The van der Waals surface area contributed by atoms with Crippen LogP contribution in [0, 0.1) is 0 Å². The van der Waals surface area contributed by atoms with Crippen LogP contribution in [0.1, 0.15) is 102 Å². The van der Waals surface area contributed by atoms with Crippen LogP contribution >= 0.6 is 0 Å². The van der Waals surface area contributed by atoms with Crippen molar-refractivity contribution in [1.29, 1.82) is 0 Å². The normalized spacial score (nSPS) is 11.0. The van der Waals surface area contributed by atoms with E-state index in [0.717, 1.165) is 6.54 Å². The Balaban J connectivity index is 1.78. The first-order valence-electron chi connectivity index (χ1n) is 10.9. The lowest BCUT2D eigenvalue weighted by Crippen LogP contribution is -2.02. The Morgan fingerprint density at radius 2 is 1.08 bits per heavy atom. The van der Waals surface area contributed by atoms with Gasteiger partial charge in [0.1, 0.15) is 0 Å². The molecule has 0 heterocycles. The number of unbranched alkanes of at least 4 members (excludes halogenated alkanes) is 13. The molecule has 1 aromatic carbocycles. The minimum atomic E-state index is 0.624. The Hall–Kier alpha value is -1.02. The first-order valence-corrected chi connectivity index (χ1v) is 10.9. The van der Waals surface area contributed by atoms with Gasteiger partial charge >= 0.3 is 0 Å². The van der Waals surface area contributed by atoms with E-state index in [1.54, 1.807) is 0 Å². The highest BCUT2D eigenvalue weighted by Gasteiger charge is 1.95. The zero-order chi connectivity index (χ0) is 18.0. The van der Waals surface area contributed by atoms with Gasteiger partial charge in [0, 0.05) is 18.8 Å². The van der Waals surface area contributed by atoms with Crippen molar-refractivity contribution < 1.29 is 0 Å². The third-order valence-electron chi connectivity index (χ3n) is 5.05. The van der Waals surface area contributed by atoms with Crippen LogP contribution in [0.5, 0.6) is 0 Å². The zero-order valence-electron chi connectivity index (χ0n) is 16.7. The summed E-state index contributed by atoms with van der Waals surface area (Å²) in [5, 5.41) is 3.50. The summed E-state index contributed by atoms with van der Waals surface area (Å²) in [5.41, 5.74) is 8.03. The molecule has 0 aromatic heterocycles. The molecular weight excluding hydrogens is 304 g/mol. The van der Waals surface area contributed by atoms with Gasteiger partial charge in [-0.3, -0.25) is 0 Å². The monoisotopic (exact) mass is 346 g/mol. The van der Waals surface area contributed by atoms with Crippen LogP contribution < -0.4 is 11.1 Å². The van der Waals surface area contributed by atoms with Crippen LogP contribution in [0.2, 0.25) is 0 Å². The van der Waals surface area contributed by atoms with Gasteiger partial charge in [-0.15, -0.1) is 0 Å². The molecule has 0 fully saturated rings. The Morgan fingerprint density at radius 1 is 0.640 bits per heavy atom. The van der Waals surface area contributed by atoms with Crippen LogP contribution in [0.15, 0.2) is 24.3 Å². The van der Waals surface area contributed by atoms with Crippen LogP contribution in [0.3, 0.4) is 0 Å². The van der Waals surface area contributed by atoms with Gasteiger partial charge in [-0.25, -0.2) is 0 Å². The Kier molecular flexibility index (Phi) is 14.5. The number of hydrogen-bond acceptors (Lipinski definition) is 2. The summed E-state index contributed by atoms with van der Waals surface area (Å²) >= 11 is 0. The maximum atomic E-state index is 5.62. The molecule has 1 rings (SSSR count). The van der Waals surface area contributed by atoms with E-state index in [1.165, 1.54) is 101 Å². The van der Waals surface area contributed by atoms with Crippen molar-refractivity contribution in [2.45, 2.75) is 103 Å². The average molecular weight is 347 g/mol. The van der Waals surface area contributed by atoms with E-state index in [1.807, 2.05) is 0 Å². The number of rotatable bonds is 17. The number of benzene rings is 1. The second-order valence-corrected chi connectivity index (χ2v) is 7.42. The minimum absolute atomic E-state index is 0.624. The fourth-order valence-corrected chi connectivity index (χ4v) is 3.31. The van der Waals surface area contributed by atoms with E-state index in [0.29, 0.717) is 6.54 Å². The molecule has 0 bridgehead atoms. The summed E-state index contributed by atoms with van der Waals surface area (Å²) < 4.78 is 0. The average Bonchev–Trinajstić information content (AvgIpc) is 2.65. The summed E-state index contributed by atoms with van der Waals surface area (Å²) in [7, 11) is 0. The van der Waals surface area contributed by atoms with Crippen molar-refractivity contribution in [3.63, 3.8) is 0 Å². The van der Waals surface area contributed by atoms with E-state index in [4.69, 9.17) is 5.73 Å². The van der Waals surface area contributed by atoms with Gasteiger partial charge in [0.15, 0.2) is 0 Å². The molecule has 0 radical (unpaired) electrons. The van der Waals surface area contributed by atoms with Crippen molar-refractivity contribution in [2.24, 2.45) is 5.73 Å². The lowest BCUT2D eigenvalue weighted by atomic mass is 10.0. The molecule has 0 spiro atoms. The van der Waals surface area contributed by atoms with Crippen molar-refractivity contribution >= 4 is 5.69 Å². The van der Waals surface area contributed by atoms with Crippen LogP contribution in [-0.2, 0) is 6.54 Å². The van der Waals surface area contributed by atoms with Gasteiger partial charge in [-0.2, -0.15) is 0 Å². The van der Waals surface area contributed by atoms with Gasteiger partial charge in [0.05, 0.1) is 0 Å². The van der Waals surface area contributed by atoms with Crippen molar-refractivity contribution in [3.05, 3.63) is 29.8 Å². The van der Waals surface area contributed by atoms with Gasteiger partial charge in [0.25, 0.3) is 0 Å². The molecule has 0 saturated heterocycles. The van der Waals surface area contributed by atoms with Gasteiger partial charge < -0.3 is 11.1 Å². The fourth-order valence-electron chi connectivity index (χ4n) is 3.31. The molecule has 25 heavy (non-hydrogen) atoms. The maximum Gasteiger partial charge on any atom is 0.0340 e. The van der Waals surface area contributed by atoms with E-state index >= 15 is 0 Å². The Labute approximate surface area is 157 Å². The lowest BCUT2D eigenvalue weighted by Gasteiger charge is -2.07. The molecule has 3 N–H and O–H groups in total. The smallest absolute Gasteiger partial charge is 0.0340 e.